The summed E-state index contributed by atoms with van der Waals surface area (Å²) in [6.07, 6.45) is 1.69. The van der Waals surface area contributed by atoms with E-state index in [0.717, 1.165) is 18.4 Å². The zero-order chi connectivity index (χ0) is 19.1. The second-order valence-electron chi connectivity index (χ2n) is 6.98. The molecule has 2 N–H and O–H groups in total. The van der Waals surface area contributed by atoms with Gasteiger partial charge in [-0.15, -0.1) is 0 Å². The van der Waals surface area contributed by atoms with Crippen molar-refractivity contribution in [1.29, 1.82) is 0 Å². The van der Waals surface area contributed by atoms with Crippen LogP contribution in [0.1, 0.15) is 29.5 Å². The van der Waals surface area contributed by atoms with Crippen molar-refractivity contribution in [2.24, 2.45) is 0 Å². The van der Waals surface area contributed by atoms with Gasteiger partial charge in [-0.05, 0) is 43.0 Å². The molecule has 1 aliphatic heterocycles. The molecule has 27 heavy (non-hydrogen) atoms. The third-order valence-electron chi connectivity index (χ3n) is 4.81. The largest absolute Gasteiger partial charge is 0.486 e. The van der Waals surface area contributed by atoms with Crippen LogP contribution >= 0.6 is 0 Å². The van der Waals surface area contributed by atoms with E-state index in [1.54, 1.807) is 0 Å². The molecular weight excluding hydrogens is 342 g/mol. The summed E-state index contributed by atoms with van der Waals surface area (Å²) in [5, 5.41) is 12.2. The number of benzene rings is 2. The molecule has 2 aromatic carbocycles. The number of nitrogens with one attached hydrogen (secondary N) is 1. The summed E-state index contributed by atoms with van der Waals surface area (Å²) in [5.41, 5.74) is 3.22. The maximum absolute atomic E-state index is 12.4. The van der Waals surface area contributed by atoms with E-state index >= 15 is 0 Å². The zero-order valence-electron chi connectivity index (χ0n) is 15.7. The quantitative estimate of drug-likeness (QED) is 0.788. The fourth-order valence-corrected chi connectivity index (χ4v) is 3.13. The van der Waals surface area contributed by atoms with Crippen LogP contribution in [0.15, 0.2) is 48.5 Å². The summed E-state index contributed by atoms with van der Waals surface area (Å²) < 4.78 is 11.6. The third-order valence-corrected chi connectivity index (χ3v) is 4.81. The number of aryl methyl sites for hydroxylation is 2. The Morgan fingerprint density at radius 2 is 1.85 bits per heavy atom. The molecule has 1 amide bonds. The molecule has 0 aliphatic carbocycles. The van der Waals surface area contributed by atoms with Gasteiger partial charge in [-0.3, -0.25) is 4.79 Å². The molecule has 5 nitrogen and oxygen atoms in total. The number of hydrogen-bond acceptors (Lipinski definition) is 4. The first-order valence-corrected chi connectivity index (χ1v) is 9.43. The summed E-state index contributed by atoms with van der Waals surface area (Å²) in [4.78, 5) is 12.4. The van der Waals surface area contributed by atoms with Gasteiger partial charge < -0.3 is 19.9 Å². The fourth-order valence-electron chi connectivity index (χ4n) is 3.13. The van der Waals surface area contributed by atoms with Crippen molar-refractivity contribution in [2.75, 3.05) is 13.2 Å². The number of hydrogen-bond donors (Lipinski definition) is 2. The van der Waals surface area contributed by atoms with Gasteiger partial charge in [0.05, 0.1) is 19.3 Å². The van der Waals surface area contributed by atoms with Crippen LogP contribution in [0, 0.1) is 6.92 Å². The monoisotopic (exact) mass is 369 g/mol. The van der Waals surface area contributed by atoms with E-state index in [2.05, 4.69) is 36.5 Å². The highest BCUT2D eigenvalue weighted by atomic mass is 16.5. The number of carbonyl (C=O) groups excluding carboxylic acids is 1. The molecule has 0 radical (unpaired) electrons. The Balaban J connectivity index is 1.52. The van der Waals surface area contributed by atoms with Crippen LogP contribution in [0.3, 0.4) is 0 Å². The molecule has 0 spiro atoms. The second-order valence-corrected chi connectivity index (χ2v) is 6.98. The van der Waals surface area contributed by atoms with Gasteiger partial charge in [-0.1, -0.05) is 42.0 Å². The van der Waals surface area contributed by atoms with Gasteiger partial charge in [0.2, 0.25) is 5.91 Å². The summed E-state index contributed by atoms with van der Waals surface area (Å²) in [6.45, 7) is 3.13. The maximum atomic E-state index is 12.4. The van der Waals surface area contributed by atoms with E-state index in [1.165, 1.54) is 11.1 Å². The Morgan fingerprint density at radius 1 is 1.15 bits per heavy atom. The van der Waals surface area contributed by atoms with Crippen molar-refractivity contribution in [3.05, 3.63) is 65.2 Å². The lowest BCUT2D eigenvalue weighted by atomic mass is 10.0. The molecule has 144 valence electrons. The maximum Gasteiger partial charge on any atom is 0.220 e. The minimum Gasteiger partial charge on any atom is -0.486 e. The lowest BCUT2D eigenvalue weighted by Crippen LogP contribution is -2.51. The molecule has 2 unspecified atom stereocenters. The highest BCUT2D eigenvalue weighted by molar-refractivity contribution is 5.76. The number of aliphatic hydroxyl groups is 1. The van der Waals surface area contributed by atoms with Gasteiger partial charge in [0, 0.05) is 13.0 Å². The first kappa shape index (κ1) is 19.4. The Labute approximate surface area is 160 Å². The topological polar surface area (TPSA) is 67.8 Å². The van der Waals surface area contributed by atoms with Crippen LogP contribution in [0.25, 0.3) is 0 Å². The number of rotatable bonds is 7. The summed E-state index contributed by atoms with van der Waals surface area (Å²) in [7, 11) is 0. The summed E-state index contributed by atoms with van der Waals surface area (Å²) in [5.74, 6) is 0.744. The van der Waals surface area contributed by atoms with E-state index in [9.17, 15) is 4.79 Å². The van der Waals surface area contributed by atoms with Gasteiger partial charge >= 0.3 is 0 Å². The average Bonchev–Trinajstić information content (AvgIpc) is 2.70. The van der Waals surface area contributed by atoms with Crippen molar-refractivity contribution in [3.8, 4) is 5.75 Å². The molecule has 1 fully saturated rings. The fraction of sp³-hybridized carbons (Fsp3) is 0.409. The second kappa shape index (κ2) is 9.53. The molecule has 0 saturated carbocycles. The van der Waals surface area contributed by atoms with E-state index in [4.69, 9.17) is 14.6 Å². The molecule has 5 heteroatoms. The molecule has 3 rings (SSSR count). The van der Waals surface area contributed by atoms with Gasteiger partial charge in [0.1, 0.15) is 11.9 Å². The lowest BCUT2D eigenvalue weighted by molar-refractivity contribution is -0.123. The van der Waals surface area contributed by atoms with Crippen molar-refractivity contribution in [2.45, 2.75) is 44.9 Å². The summed E-state index contributed by atoms with van der Waals surface area (Å²) >= 11 is 0. The van der Waals surface area contributed by atoms with Crippen LogP contribution in [0.2, 0.25) is 0 Å². The lowest BCUT2D eigenvalue weighted by Gasteiger charge is -2.32. The van der Waals surface area contributed by atoms with Gasteiger partial charge in [0.25, 0.3) is 0 Å². The van der Waals surface area contributed by atoms with Crippen molar-refractivity contribution < 1.29 is 19.4 Å². The molecule has 0 aromatic heterocycles. The Hall–Kier alpha value is -2.37. The van der Waals surface area contributed by atoms with Crippen LogP contribution in [0.4, 0.5) is 0 Å². The Morgan fingerprint density at radius 3 is 2.56 bits per heavy atom. The number of aliphatic hydroxyl groups excluding tert-OH is 1. The smallest absolute Gasteiger partial charge is 0.220 e. The minimum absolute atomic E-state index is 0.00643. The van der Waals surface area contributed by atoms with E-state index in [-0.39, 0.29) is 24.7 Å². The van der Waals surface area contributed by atoms with Crippen molar-refractivity contribution >= 4 is 5.91 Å². The molecular formula is C22H27NO4. The van der Waals surface area contributed by atoms with Crippen LogP contribution < -0.4 is 10.1 Å². The highest BCUT2D eigenvalue weighted by Gasteiger charge is 2.28. The Kier molecular flexibility index (Phi) is 6.85. The predicted molar refractivity (Wildman–Crippen MR) is 104 cm³/mol. The highest BCUT2D eigenvalue weighted by Crippen LogP contribution is 2.19. The van der Waals surface area contributed by atoms with Crippen LogP contribution in [-0.2, 0) is 22.6 Å². The Bertz CT molecular complexity index is 727. The van der Waals surface area contributed by atoms with E-state index < -0.39 is 0 Å². The molecule has 1 heterocycles. The summed E-state index contributed by atoms with van der Waals surface area (Å²) in [6, 6.07) is 15.5. The molecule has 1 saturated heterocycles. The van der Waals surface area contributed by atoms with Crippen LogP contribution in [0.5, 0.6) is 5.75 Å². The molecule has 1 aliphatic rings. The predicted octanol–water partition coefficient (Wildman–Crippen LogP) is 2.77. The number of amides is 1. The normalized spacial score (nSPS) is 19.5. The molecule has 2 aromatic rings. The molecule has 2 atom stereocenters. The minimum atomic E-state index is -0.220. The van der Waals surface area contributed by atoms with E-state index in [1.807, 2.05) is 24.3 Å². The standard InChI is InChI=1S/C22H27NO4/c1-16-2-4-17(5-3-16)8-11-22(25)23-20-12-13-26-15-21(20)27-19-9-6-18(14-24)7-10-19/h2-7,9-10,20-21,24H,8,11-15H2,1H3,(H,23,25). The number of ether oxygens (including phenoxy) is 2. The van der Waals surface area contributed by atoms with Gasteiger partial charge in [0.15, 0.2) is 0 Å². The SMILES string of the molecule is Cc1ccc(CCC(=O)NC2CCOCC2Oc2ccc(CO)cc2)cc1. The third kappa shape index (κ3) is 5.81. The number of carbonyl (C=O) groups is 1. The van der Waals surface area contributed by atoms with E-state index in [0.29, 0.717) is 25.4 Å². The first-order chi connectivity index (χ1) is 13.1. The molecule has 0 bridgehead atoms. The average molecular weight is 369 g/mol. The van der Waals surface area contributed by atoms with Gasteiger partial charge in [-0.25, -0.2) is 0 Å². The van der Waals surface area contributed by atoms with Gasteiger partial charge in [-0.2, -0.15) is 0 Å². The van der Waals surface area contributed by atoms with Crippen molar-refractivity contribution in [3.63, 3.8) is 0 Å². The first-order valence-electron chi connectivity index (χ1n) is 9.43. The van der Waals surface area contributed by atoms with Crippen molar-refractivity contribution in [1.82, 2.24) is 5.32 Å². The van der Waals surface area contributed by atoms with Crippen LogP contribution in [-0.4, -0.2) is 36.4 Å². The zero-order valence-corrected chi connectivity index (χ0v) is 15.7.